The van der Waals surface area contributed by atoms with Gasteiger partial charge in [-0.05, 0) is 55.3 Å². The van der Waals surface area contributed by atoms with Gasteiger partial charge in [-0.2, -0.15) is 0 Å². The van der Waals surface area contributed by atoms with E-state index in [4.69, 9.17) is 0 Å². The summed E-state index contributed by atoms with van der Waals surface area (Å²) in [5.41, 5.74) is 4.53. The van der Waals surface area contributed by atoms with E-state index in [1.807, 2.05) is 0 Å². The fourth-order valence-corrected chi connectivity index (χ4v) is 3.27. The number of nitrogens with zero attached hydrogens (tertiary/aromatic N) is 1. The third kappa shape index (κ3) is 2.24. The maximum Gasteiger partial charge on any atom is 0.0587 e. The zero-order valence-electron chi connectivity index (χ0n) is 10.4. The summed E-state index contributed by atoms with van der Waals surface area (Å²) in [5, 5.41) is 9.33. The number of aryl methyl sites for hydroxylation is 2. The summed E-state index contributed by atoms with van der Waals surface area (Å²) in [5.74, 6) is 0. The topological polar surface area (TPSA) is 23.5 Å². The van der Waals surface area contributed by atoms with Crippen molar-refractivity contribution in [3.63, 3.8) is 0 Å². The van der Waals surface area contributed by atoms with Gasteiger partial charge in [0.05, 0.1) is 6.61 Å². The summed E-state index contributed by atoms with van der Waals surface area (Å²) >= 11 is 0. The van der Waals surface area contributed by atoms with Crippen molar-refractivity contribution in [3.8, 4) is 0 Å². The quantitative estimate of drug-likeness (QED) is 0.861. The molecule has 1 heterocycles. The van der Waals surface area contributed by atoms with Gasteiger partial charge in [-0.25, -0.2) is 0 Å². The van der Waals surface area contributed by atoms with Gasteiger partial charge in [0.1, 0.15) is 0 Å². The number of hydrogen-bond donors (Lipinski definition) is 1. The molecular weight excluding hydrogens is 210 g/mol. The fourth-order valence-electron chi connectivity index (χ4n) is 3.27. The molecule has 1 saturated heterocycles. The first kappa shape index (κ1) is 11.2. The Bertz CT molecular complexity index is 402. The molecule has 0 amide bonds. The van der Waals surface area contributed by atoms with Crippen LogP contribution in [0, 0.1) is 0 Å². The van der Waals surface area contributed by atoms with Crippen LogP contribution in [-0.4, -0.2) is 29.2 Å². The Kier molecular flexibility index (Phi) is 3.17. The molecule has 17 heavy (non-hydrogen) atoms. The van der Waals surface area contributed by atoms with Crippen LogP contribution in [0.4, 0.5) is 0 Å². The fraction of sp³-hybridized carbons (Fsp3) is 0.600. The van der Waals surface area contributed by atoms with Crippen LogP contribution < -0.4 is 0 Å². The molecule has 0 saturated carbocycles. The molecule has 1 aromatic rings. The molecule has 92 valence electrons. The number of aliphatic hydroxyl groups excluding tert-OH is 1. The van der Waals surface area contributed by atoms with E-state index in [-0.39, 0.29) is 0 Å². The van der Waals surface area contributed by atoms with Gasteiger partial charge in [-0.3, -0.25) is 4.90 Å². The normalized spacial score (nSPS) is 24.2. The second kappa shape index (κ2) is 4.79. The van der Waals surface area contributed by atoms with Crippen LogP contribution in [0.1, 0.15) is 36.0 Å². The van der Waals surface area contributed by atoms with Gasteiger partial charge in [-0.1, -0.05) is 18.2 Å². The highest BCUT2D eigenvalue weighted by molar-refractivity contribution is 5.35. The molecule has 1 N–H and O–H groups in total. The van der Waals surface area contributed by atoms with Gasteiger partial charge in [0.2, 0.25) is 0 Å². The van der Waals surface area contributed by atoms with Crippen LogP contribution in [0.15, 0.2) is 18.2 Å². The molecule has 3 rings (SSSR count). The number of rotatable bonds is 3. The number of benzene rings is 1. The van der Waals surface area contributed by atoms with E-state index in [1.54, 1.807) is 11.1 Å². The van der Waals surface area contributed by atoms with Crippen LogP contribution in [0.5, 0.6) is 0 Å². The SMILES string of the molecule is OCC1CCCN1Cc1ccc2c(c1)CCC2. The van der Waals surface area contributed by atoms with Crippen LogP contribution in [0.25, 0.3) is 0 Å². The molecule has 2 aliphatic rings. The summed E-state index contributed by atoms with van der Waals surface area (Å²) in [7, 11) is 0. The third-order valence-corrected chi connectivity index (χ3v) is 4.26. The molecule has 1 aliphatic carbocycles. The minimum atomic E-state index is 0.310. The van der Waals surface area contributed by atoms with Crippen molar-refractivity contribution >= 4 is 0 Å². The maximum absolute atomic E-state index is 9.33. The monoisotopic (exact) mass is 231 g/mol. The average molecular weight is 231 g/mol. The van der Waals surface area contributed by atoms with Gasteiger partial charge in [0.15, 0.2) is 0 Å². The molecular formula is C15H21NO. The zero-order chi connectivity index (χ0) is 11.7. The smallest absolute Gasteiger partial charge is 0.0587 e. The Balaban J connectivity index is 1.72. The largest absolute Gasteiger partial charge is 0.395 e. The third-order valence-electron chi connectivity index (χ3n) is 4.26. The summed E-state index contributed by atoms with van der Waals surface area (Å²) in [6, 6.07) is 7.36. The lowest BCUT2D eigenvalue weighted by Crippen LogP contribution is -2.31. The highest BCUT2D eigenvalue weighted by atomic mass is 16.3. The van der Waals surface area contributed by atoms with Gasteiger partial charge >= 0.3 is 0 Å². The standard InChI is InChI=1S/C15H21NO/c17-11-15-5-2-8-16(15)10-12-6-7-13-3-1-4-14(13)9-12/h6-7,9,15,17H,1-5,8,10-11H2. The Labute approximate surface area is 103 Å². The molecule has 2 heteroatoms. The molecule has 0 bridgehead atoms. The van der Waals surface area contributed by atoms with E-state index in [0.29, 0.717) is 12.6 Å². The van der Waals surface area contributed by atoms with Crippen LogP contribution in [0.2, 0.25) is 0 Å². The first-order valence-corrected chi connectivity index (χ1v) is 6.82. The van der Waals surface area contributed by atoms with Crippen molar-refractivity contribution in [1.29, 1.82) is 0 Å². The van der Waals surface area contributed by atoms with E-state index < -0.39 is 0 Å². The van der Waals surface area contributed by atoms with Crippen molar-refractivity contribution in [3.05, 3.63) is 34.9 Å². The zero-order valence-corrected chi connectivity index (χ0v) is 10.4. The molecule has 1 aliphatic heterocycles. The summed E-state index contributed by atoms with van der Waals surface area (Å²) < 4.78 is 0. The molecule has 1 aromatic carbocycles. The second-order valence-electron chi connectivity index (χ2n) is 5.41. The molecule has 0 spiro atoms. The van der Waals surface area contributed by atoms with Crippen LogP contribution >= 0.6 is 0 Å². The van der Waals surface area contributed by atoms with E-state index >= 15 is 0 Å². The molecule has 0 aromatic heterocycles. The van der Waals surface area contributed by atoms with E-state index in [1.165, 1.54) is 31.2 Å². The van der Waals surface area contributed by atoms with Gasteiger partial charge in [0.25, 0.3) is 0 Å². The minimum Gasteiger partial charge on any atom is -0.395 e. The average Bonchev–Trinajstić information content (AvgIpc) is 2.96. The molecule has 0 radical (unpaired) electrons. The number of likely N-dealkylation sites (tertiary alicyclic amines) is 1. The van der Waals surface area contributed by atoms with E-state index in [2.05, 4.69) is 23.1 Å². The molecule has 1 unspecified atom stereocenters. The highest BCUT2D eigenvalue weighted by Gasteiger charge is 2.23. The maximum atomic E-state index is 9.33. The summed E-state index contributed by atoms with van der Waals surface area (Å²) in [4.78, 5) is 2.43. The lowest BCUT2D eigenvalue weighted by molar-refractivity contribution is 0.153. The molecule has 1 atom stereocenters. The first-order valence-electron chi connectivity index (χ1n) is 6.82. The van der Waals surface area contributed by atoms with Crippen LogP contribution in [0.3, 0.4) is 0 Å². The predicted octanol–water partition coefficient (Wildman–Crippen LogP) is 2.13. The Morgan fingerprint density at radius 1 is 1.18 bits per heavy atom. The van der Waals surface area contributed by atoms with Crippen molar-refractivity contribution in [2.75, 3.05) is 13.2 Å². The van der Waals surface area contributed by atoms with Crippen LogP contribution in [-0.2, 0) is 19.4 Å². The number of aliphatic hydroxyl groups is 1. The second-order valence-corrected chi connectivity index (χ2v) is 5.41. The molecule has 2 nitrogen and oxygen atoms in total. The van der Waals surface area contributed by atoms with E-state index in [9.17, 15) is 5.11 Å². The van der Waals surface area contributed by atoms with E-state index in [0.717, 1.165) is 19.5 Å². The van der Waals surface area contributed by atoms with Crippen molar-refractivity contribution in [1.82, 2.24) is 4.90 Å². The Morgan fingerprint density at radius 3 is 2.94 bits per heavy atom. The van der Waals surface area contributed by atoms with Gasteiger partial charge < -0.3 is 5.11 Å². The Morgan fingerprint density at radius 2 is 2.06 bits per heavy atom. The van der Waals surface area contributed by atoms with Gasteiger partial charge in [-0.15, -0.1) is 0 Å². The lowest BCUT2D eigenvalue weighted by atomic mass is 10.1. The lowest BCUT2D eigenvalue weighted by Gasteiger charge is -2.22. The van der Waals surface area contributed by atoms with Crippen molar-refractivity contribution in [2.45, 2.75) is 44.7 Å². The highest BCUT2D eigenvalue weighted by Crippen LogP contribution is 2.25. The summed E-state index contributed by atoms with van der Waals surface area (Å²) in [6.07, 6.45) is 6.23. The van der Waals surface area contributed by atoms with Gasteiger partial charge in [0, 0.05) is 12.6 Å². The molecule has 1 fully saturated rings. The first-order chi connectivity index (χ1) is 8.36. The van der Waals surface area contributed by atoms with Crippen molar-refractivity contribution < 1.29 is 5.11 Å². The van der Waals surface area contributed by atoms with Crippen molar-refractivity contribution in [2.24, 2.45) is 0 Å². The number of fused-ring (bicyclic) bond motifs is 1. The predicted molar refractivity (Wildman–Crippen MR) is 69.0 cm³/mol. The minimum absolute atomic E-state index is 0.310. The number of hydrogen-bond acceptors (Lipinski definition) is 2. The summed E-state index contributed by atoms with van der Waals surface area (Å²) in [6.45, 7) is 2.46. The Hall–Kier alpha value is -0.860.